The van der Waals surface area contributed by atoms with Gasteiger partial charge in [-0.15, -0.1) is 0 Å². The molecule has 1 rings (SSSR count). The van der Waals surface area contributed by atoms with E-state index in [9.17, 15) is 0 Å². The van der Waals surface area contributed by atoms with Gasteiger partial charge in [-0.05, 0) is 31.7 Å². The van der Waals surface area contributed by atoms with Crippen molar-refractivity contribution in [1.82, 2.24) is 9.80 Å². The molecule has 2 nitrogen and oxygen atoms in total. The van der Waals surface area contributed by atoms with E-state index in [1.165, 1.54) is 39.0 Å². The molecule has 0 saturated carbocycles. The van der Waals surface area contributed by atoms with Crippen LogP contribution in [-0.2, 0) is 0 Å². The first-order chi connectivity index (χ1) is 7.49. The number of hydrogen-bond acceptors (Lipinski definition) is 2. The van der Waals surface area contributed by atoms with Crippen molar-refractivity contribution in [3.8, 4) is 0 Å². The van der Waals surface area contributed by atoms with Crippen molar-refractivity contribution in [3.63, 3.8) is 0 Å². The quantitative estimate of drug-likeness (QED) is 0.711. The lowest BCUT2D eigenvalue weighted by Crippen LogP contribution is -2.52. The zero-order valence-electron chi connectivity index (χ0n) is 11.9. The minimum absolute atomic E-state index is 0.787. The third kappa shape index (κ3) is 4.84. The van der Waals surface area contributed by atoms with Gasteiger partial charge in [-0.2, -0.15) is 0 Å². The normalized spacial score (nSPS) is 24.6. The van der Waals surface area contributed by atoms with E-state index in [2.05, 4.69) is 44.5 Å². The number of likely N-dealkylation sites (N-methyl/N-ethyl adjacent to an activating group) is 1. The van der Waals surface area contributed by atoms with Gasteiger partial charge in [0.1, 0.15) is 0 Å². The molecule has 1 aliphatic rings. The average Bonchev–Trinajstić information content (AvgIpc) is 2.18. The second kappa shape index (κ2) is 6.61. The first-order valence-corrected chi connectivity index (χ1v) is 6.91. The molecule has 0 aromatic heterocycles. The lowest BCUT2D eigenvalue weighted by atomic mass is 10.0. The Labute approximate surface area is 102 Å². The first kappa shape index (κ1) is 14.0. The lowest BCUT2D eigenvalue weighted by molar-refractivity contribution is 0.0797. The van der Waals surface area contributed by atoms with Gasteiger partial charge in [0.25, 0.3) is 0 Å². The lowest BCUT2D eigenvalue weighted by Gasteiger charge is -2.40. The summed E-state index contributed by atoms with van der Waals surface area (Å²) in [6.45, 7) is 14.3. The van der Waals surface area contributed by atoms with Gasteiger partial charge >= 0.3 is 0 Å². The van der Waals surface area contributed by atoms with E-state index in [0.717, 1.165) is 17.9 Å². The van der Waals surface area contributed by atoms with Gasteiger partial charge in [0.2, 0.25) is 0 Å². The molecular formula is C14H30N2. The fraction of sp³-hybridized carbons (Fsp3) is 1.00. The van der Waals surface area contributed by atoms with E-state index in [1.807, 2.05) is 0 Å². The van der Waals surface area contributed by atoms with Gasteiger partial charge in [0.05, 0.1) is 0 Å². The summed E-state index contributed by atoms with van der Waals surface area (Å²) in [4.78, 5) is 5.20. The van der Waals surface area contributed by atoms with Gasteiger partial charge in [-0.1, -0.05) is 27.7 Å². The minimum Gasteiger partial charge on any atom is -0.301 e. The molecule has 0 N–H and O–H groups in total. The first-order valence-electron chi connectivity index (χ1n) is 6.91. The van der Waals surface area contributed by atoms with E-state index in [0.29, 0.717) is 0 Å². The van der Waals surface area contributed by atoms with E-state index < -0.39 is 0 Å². The summed E-state index contributed by atoms with van der Waals surface area (Å²) in [5.74, 6) is 1.64. The number of nitrogens with zero attached hydrogens (tertiary/aromatic N) is 2. The molecule has 0 aromatic carbocycles. The largest absolute Gasteiger partial charge is 0.301 e. The molecule has 1 aliphatic heterocycles. The molecule has 16 heavy (non-hydrogen) atoms. The summed E-state index contributed by atoms with van der Waals surface area (Å²) in [5.41, 5.74) is 0. The van der Waals surface area contributed by atoms with Crippen molar-refractivity contribution < 1.29 is 0 Å². The second-order valence-electron chi connectivity index (χ2n) is 6.26. The molecule has 1 saturated heterocycles. The maximum absolute atomic E-state index is 2.65. The van der Waals surface area contributed by atoms with E-state index in [1.54, 1.807) is 0 Å². The molecule has 0 amide bonds. The van der Waals surface area contributed by atoms with Gasteiger partial charge < -0.3 is 9.80 Å². The van der Waals surface area contributed by atoms with Gasteiger partial charge in [-0.25, -0.2) is 0 Å². The van der Waals surface area contributed by atoms with Crippen LogP contribution in [0, 0.1) is 11.8 Å². The summed E-state index contributed by atoms with van der Waals surface area (Å²) in [7, 11) is 2.29. The molecule has 0 spiro atoms. The summed E-state index contributed by atoms with van der Waals surface area (Å²) < 4.78 is 0. The van der Waals surface area contributed by atoms with E-state index in [-0.39, 0.29) is 0 Å². The molecule has 0 radical (unpaired) electrons. The van der Waals surface area contributed by atoms with Crippen molar-refractivity contribution in [2.45, 2.75) is 46.6 Å². The highest BCUT2D eigenvalue weighted by molar-refractivity contribution is 4.80. The standard InChI is InChI=1S/C14H30N2/c1-12(2)6-7-14-11-16(10-13(3)4)9-8-15(14)5/h12-14H,6-11H2,1-5H3/t14-/m0/s1. The van der Waals surface area contributed by atoms with Gasteiger partial charge in [0.15, 0.2) is 0 Å². The zero-order valence-corrected chi connectivity index (χ0v) is 11.9. The molecule has 0 aliphatic carbocycles. The Balaban J connectivity index is 2.36. The van der Waals surface area contributed by atoms with Crippen LogP contribution < -0.4 is 0 Å². The smallest absolute Gasteiger partial charge is 0.0220 e. The summed E-state index contributed by atoms with van der Waals surface area (Å²) >= 11 is 0. The highest BCUT2D eigenvalue weighted by Crippen LogP contribution is 2.16. The molecule has 1 heterocycles. The number of piperazine rings is 1. The third-order valence-electron chi connectivity index (χ3n) is 3.56. The van der Waals surface area contributed by atoms with Crippen molar-refractivity contribution in [2.75, 3.05) is 33.2 Å². The van der Waals surface area contributed by atoms with Crippen LogP contribution in [0.3, 0.4) is 0 Å². The van der Waals surface area contributed by atoms with Gasteiger partial charge in [0, 0.05) is 32.2 Å². The fourth-order valence-corrected chi connectivity index (χ4v) is 2.53. The maximum atomic E-state index is 2.65. The highest BCUT2D eigenvalue weighted by atomic mass is 15.3. The molecule has 96 valence electrons. The van der Waals surface area contributed by atoms with Crippen LogP contribution >= 0.6 is 0 Å². The summed E-state index contributed by atoms with van der Waals surface area (Å²) in [6, 6.07) is 0.787. The predicted octanol–water partition coefficient (Wildman–Crippen LogP) is 2.69. The number of rotatable bonds is 5. The molecule has 1 atom stereocenters. The van der Waals surface area contributed by atoms with E-state index in [4.69, 9.17) is 0 Å². The van der Waals surface area contributed by atoms with Crippen LogP contribution in [0.4, 0.5) is 0 Å². The Morgan fingerprint density at radius 3 is 2.31 bits per heavy atom. The van der Waals surface area contributed by atoms with Crippen molar-refractivity contribution >= 4 is 0 Å². The van der Waals surface area contributed by atoms with E-state index >= 15 is 0 Å². The zero-order chi connectivity index (χ0) is 12.1. The Bertz CT molecular complexity index is 189. The predicted molar refractivity (Wildman–Crippen MR) is 71.8 cm³/mol. The van der Waals surface area contributed by atoms with Crippen LogP contribution in [-0.4, -0.2) is 49.1 Å². The Morgan fingerprint density at radius 2 is 1.75 bits per heavy atom. The molecule has 2 heteroatoms. The highest BCUT2D eigenvalue weighted by Gasteiger charge is 2.24. The monoisotopic (exact) mass is 226 g/mol. The van der Waals surface area contributed by atoms with Crippen molar-refractivity contribution in [1.29, 1.82) is 0 Å². The SMILES string of the molecule is CC(C)CC[C@H]1CN(CC(C)C)CCN1C. The van der Waals surface area contributed by atoms with Crippen LogP contribution in [0.1, 0.15) is 40.5 Å². The van der Waals surface area contributed by atoms with Crippen LogP contribution in [0.25, 0.3) is 0 Å². The van der Waals surface area contributed by atoms with Crippen molar-refractivity contribution in [3.05, 3.63) is 0 Å². The molecule has 0 bridgehead atoms. The Kier molecular flexibility index (Phi) is 5.77. The summed E-state index contributed by atoms with van der Waals surface area (Å²) in [5, 5.41) is 0. The van der Waals surface area contributed by atoms with Crippen LogP contribution in [0.5, 0.6) is 0 Å². The maximum Gasteiger partial charge on any atom is 0.0220 e. The molecule has 0 aromatic rings. The van der Waals surface area contributed by atoms with Crippen molar-refractivity contribution in [2.24, 2.45) is 11.8 Å². The molecule has 1 fully saturated rings. The van der Waals surface area contributed by atoms with Crippen LogP contribution in [0.15, 0.2) is 0 Å². The Hall–Kier alpha value is -0.0800. The third-order valence-corrected chi connectivity index (χ3v) is 3.56. The number of hydrogen-bond donors (Lipinski definition) is 0. The molecule has 0 unspecified atom stereocenters. The fourth-order valence-electron chi connectivity index (χ4n) is 2.53. The van der Waals surface area contributed by atoms with Gasteiger partial charge in [-0.3, -0.25) is 0 Å². The average molecular weight is 226 g/mol. The molecular weight excluding hydrogens is 196 g/mol. The Morgan fingerprint density at radius 1 is 1.06 bits per heavy atom. The topological polar surface area (TPSA) is 6.48 Å². The van der Waals surface area contributed by atoms with Crippen LogP contribution in [0.2, 0.25) is 0 Å². The summed E-state index contributed by atoms with van der Waals surface area (Å²) in [6.07, 6.45) is 2.73. The second-order valence-corrected chi connectivity index (χ2v) is 6.26. The minimum atomic E-state index is 0.787.